The van der Waals surface area contributed by atoms with Crippen molar-refractivity contribution in [3.63, 3.8) is 0 Å². The number of rotatable bonds is 3. The van der Waals surface area contributed by atoms with Gasteiger partial charge in [0.25, 0.3) is 0 Å². The summed E-state index contributed by atoms with van der Waals surface area (Å²) in [5.74, 6) is 0. The van der Waals surface area contributed by atoms with Crippen molar-refractivity contribution in [2.24, 2.45) is 4.99 Å². The van der Waals surface area contributed by atoms with Crippen LogP contribution >= 0.6 is 22.9 Å². The fourth-order valence-corrected chi connectivity index (χ4v) is 4.21. The minimum absolute atomic E-state index is 0.757. The zero-order valence-electron chi connectivity index (χ0n) is 14.7. The quantitative estimate of drug-likeness (QED) is 0.736. The van der Waals surface area contributed by atoms with Gasteiger partial charge in [0.2, 0.25) is 4.80 Å². The highest BCUT2D eigenvalue weighted by Gasteiger charge is 2.21. The number of aromatic nitrogens is 1. The molecule has 1 saturated heterocycles. The van der Waals surface area contributed by atoms with Crippen LogP contribution in [0.1, 0.15) is 0 Å². The van der Waals surface area contributed by atoms with Crippen LogP contribution < -0.4 is 14.7 Å². The average Bonchev–Trinajstić information content (AvgIpc) is 3.07. The molecule has 1 N–H and O–H groups in total. The molecule has 1 fully saturated rings. The van der Waals surface area contributed by atoms with Gasteiger partial charge in [0.1, 0.15) is 0 Å². The maximum atomic E-state index is 6.08. The molecule has 4 rings (SSSR count). The van der Waals surface area contributed by atoms with Crippen molar-refractivity contribution in [3.8, 4) is 11.3 Å². The fourth-order valence-electron chi connectivity index (χ4n) is 3.16. The van der Waals surface area contributed by atoms with E-state index in [-0.39, 0.29) is 0 Å². The Morgan fingerprint density at radius 1 is 1.00 bits per heavy atom. The van der Waals surface area contributed by atoms with E-state index < -0.39 is 0 Å². The molecule has 0 aliphatic carbocycles. The number of piperazine rings is 1. The van der Waals surface area contributed by atoms with Crippen LogP contribution in [-0.4, -0.2) is 37.9 Å². The van der Waals surface area contributed by atoms with E-state index in [1.54, 1.807) is 16.2 Å². The van der Waals surface area contributed by atoms with Gasteiger partial charge in [-0.05, 0) is 24.3 Å². The molecule has 1 aromatic heterocycles. The lowest BCUT2D eigenvalue weighted by Gasteiger charge is -2.33. The van der Waals surface area contributed by atoms with Gasteiger partial charge in [0, 0.05) is 16.0 Å². The van der Waals surface area contributed by atoms with Crippen LogP contribution in [0.3, 0.4) is 0 Å². The van der Waals surface area contributed by atoms with Crippen LogP contribution in [0.5, 0.6) is 0 Å². The van der Waals surface area contributed by atoms with E-state index >= 15 is 0 Å². The first-order chi connectivity index (χ1) is 12.7. The summed E-state index contributed by atoms with van der Waals surface area (Å²) < 4.78 is 2.29. The zero-order chi connectivity index (χ0) is 17.9. The lowest BCUT2D eigenvalue weighted by Crippen LogP contribution is -3.12. The first kappa shape index (κ1) is 17.3. The van der Waals surface area contributed by atoms with Crippen molar-refractivity contribution in [2.45, 2.75) is 0 Å². The number of benzene rings is 2. The zero-order valence-corrected chi connectivity index (χ0v) is 16.3. The van der Waals surface area contributed by atoms with Gasteiger partial charge in [0.15, 0.2) is 0 Å². The van der Waals surface area contributed by atoms with Crippen LogP contribution in [0.4, 0.5) is 5.69 Å². The molecule has 2 aromatic carbocycles. The average molecular weight is 386 g/mol. The predicted octanol–water partition coefficient (Wildman–Crippen LogP) is 2.57. The predicted molar refractivity (Wildman–Crippen MR) is 109 cm³/mol. The van der Waals surface area contributed by atoms with E-state index in [4.69, 9.17) is 16.6 Å². The molecule has 1 aliphatic rings. The summed E-state index contributed by atoms with van der Waals surface area (Å²) in [6, 6.07) is 18.2. The summed E-state index contributed by atoms with van der Waals surface area (Å²) >= 11 is 7.76. The molecule has 3 aromatic rings. The van der Waals surface area contributed by atoms with E-state index in [9.17, 15) is 0 Å². The summed E-state index contributed by atoms with van der Waals surface area (Å²) in [5, 5.41) is 5.36. The summed E-state index contributed by atoms with van der Waals surface area (Å²) in [6.45, 7) is 4.30. The molecule has 6 heteroatoms. The first-order valence-electron chi connectivity index (χ1n) is 8.83. The van der Waals surface area contributed by atoms with E-state index in [0.717, 1.165) is 47.3 Å². The fraction of sp³-hybridized carbons (Fsp3) is 0.250. The Morgan fingerprint density at radius 3 is 2.38 bits per heavy atom. The molecule has 0 unspecified atom stereocenters. The number of thiazole rings is 1. The van der Waals surface area contributed by atoms with Crippen molar-refractivity contribution in [3.05, 3.63) is 69.8 Å². The normalized spacial score (nSPS) is 16.2. The number of quaternary nitrogens is 1. The molecular formula is C20H22ClN4S+. The third-order valence-corrected chi connectivity index (χ3v) is 5.75. The first-order valence-corrected chi connectivity index (χ1v) is 10.1. The van der Waals surface area contributed by atoms with E-state index in [2.05, 4.69) is 34.2 Å². The summed E-state index contributed by atoms with van der Waals surface area (Å²) in [7, 11) is 2.25. The van der Waals surface area contributed by atoms with Gasteiger partial charge in [-0.3, -0.25) is 5.01 Å². The van der Waals surface area contributed by atoms with Crippen LogP contribution in [-0.2, 0) is 0 Å². The van der Waals surface area contributed by atoms with Crippen molar-refractivity contribution in [1.29, 1.82) is 0 Å². The summed E-state index contributed by atoms with van der Waals surface area (Å²) in [4.78, 5) is 7.48. The lowest BCUT2D eigenvalue weighted by atomic mass is 10.2. The van der Waals surface area contributed by atoms with Crippen LogP contribution in [0.25, 0.3) is 11.3 Å². The number of hydrogen-bond acceptors (Lipinski definition) is 3. The second-order valence-corrected chi connectivity index (χ2v) is 7.85. The van der Waals surface area contributed by atoms with E-state index in [1.807, 2.05) is 42.5 Å². The number of nitrogens with zero attached hydrogens (tertiary/aromatic N) is 3. The van der Waals surface area contributed by atoms with Gasteiger partial charge in [-0.1, -0.05) is 41.9 Å². The Balaban J connectivity index is 1.82. The Hall–Kier alpha value is -2.08. The van der Waals surface area contributed by atoms with Gasteiger partial charge in [-0.2, -0.15) is 0 Å². The van der Waals surface area contributed by atoms with Gasteiger partial charge in [-0.25, -0.2) is 9.67 Å². The minimum atomic E-state index is 0.757. The van der Waals surface area contributed by atoms with Crippen LogP contribution in [0.2, 0.25) is 5.02 Å². The van der Waals surface area contributed by atoms with Crippen molar-refractivity contribution in [1.82, 2.24) is 4.68 Å². The SMILES string of the molecule is C[NH+]1CCN(n2c(-c3ccc(Cl)cc3)csc2=Nc2ccccc2)CC1. The van der Waals surface area contributed by atoms with E-state index in [0.29, 0.717) is 0 Å². The highest BCUT2D eigenvalue weighted by Crippen LogP contribution is 2.23. The second kappa shape index (κ2) is 7.66. The summed E-state index contributed by atoms with van der Waals surface area (Å²) in [6.07, 6.45) is 0. The standard InChI is InChI=1S/C20H21ClN4S/c1-23-11-13-24(14-12-23)25-19(16-7-9-17(21)10-8-16)15-26-20(25)22-18-5-3-2-4-6-18/h2-10,15H,11-14H2,1H3/p+1. The molecule has 0 atom stereocenters. The minimum Gasteiger partial charge on any atom is -0.334 e. The topological polar surface area (TPSA) is 25.0 Å². The number of nitrogens with one attached hydrogen (secondary N) is 1. The monoisotopic (exact) mass is 385 g/mol. The maximum absolute atomic E-state index is 6.08. The van der Waals surface area contributed by atoms with Crippen molar-refractivity contribution in [2.75, 3.05) is 38.2 Å². The van der Waals surface area contributed by atoms with Crippen LogP contribution in [0, 0.1) is 0 Å². The molecule has 4 nitrogen and oxygen atoms in total. The molecule has 0 bridgehead atoms. The smallest absolute Gasteiger partial charge is 0.209 e. The Bertz CT molecular complexity index is 922. The number of likely N-dealkylation sites (N-methyl/N-ethyl adjacent to an activating group) is 1. The highest BCUT2D eigenvalue weighted by molar-refractivity contribution is 7.07. The highest BCUT2D eigenvalue weighted by atomic mass is 35.5. The van der Waals surface area contributed by atoms with Gasteiger partial charge in [-0.15, -0.1) is 11.3 Å². The van der Waals surface area contributed by atoms with Gasteiger partial charge >= 0.3 is 0 Å². The second-order valence-electron chi connectivity index (χ2n) is 6.58. The maximum Gasteiger partial charge on any atom is 0.209 e. The largest absolute Gasteiger partial charge is 0.334 e. The third-order valence-electron chi connectivity index (χ3n) is 4.68. The van der Waals surface area contributed by atoms with Gasteiger partial charge in [0.05, 0.1) is 44.6 Å². The molecule has 0 saturated carbocycles. The Kier molecular flexibility index (Phi) is 5.11. The number of para-hydroxylation sites is 1. The number of hydrogen-bond donors (Lipinski definition) is 1. The molecule has 1 aliphatic heterocycles. The van der Waals surface area contributed by atoms with Gasteiger partial charge < -0.3 is 4.90 Å². The molecule has 0 radical (unpaired) electrons. The van der Waals surface area contributed by atoms with Crippen molar-refractivity contribution >= 4 is 28.6 Å². The molecule has 26 heavy (non-hydrogen) atoms. The number of halogens is 1. The molecule has 0 amide bonds. The Morgan fingerprint density at radius 2 is 1.69 bits per heavy atom. The summed E-state index contributed by atoms with van der Waals surface area (Å²) in [5.41, 5.74) is 3.30. The third kappa shape index (κ3) is 3.70. The molecular weight excluding hydrogens is 364 g/mol. The molecule has 0 spiro atoms. The van der Waals surface area contributed by atoms with E-state index in [1.165, 1.54) is 5.69 Å². The lowest BCUT2D eigenvalue weighted by molar-refractivity contribution is -0.880. The molecule has 2 heterocycles. The molecule has 134 valence electrons. The van der Waals surface area contributed by atoms with Crippen molar-refractivity contribution < 1.29 is 4.90 Å². The Labute approximate surface area is 162 Å². The van der Waals surface area contributed by atoms with Crippen LogP contribution in [0.15, 0.2) is 65.0 Å².